The number of ether oxygens (including phenoxy) is 3. The van der Waals surface area contributed by atoms with Gasteiger partial charge in [0.05, 0.1) is 5.69 Å². The molecule has 0 saturated carbocycles. The molecule has 0 amide bonds. The van der Waals surface area contributed by atoms with Crippen LogP contribution < -0.4 is 0 Å². The number of hydrogen-bond acceptors (Lipinski definition) is 4. The Morgan fingerprint density at radius 2 is 1.43 bits per heavy atom. The van der Waals surface area contributed by atoms with Crippen molar-refractivity contribution in [2.24, 2.45) is 0 Å². The van der Waals surface area contributed by atoms with Crippen LogP contribution in [0.3, 0.4) is 0 Å². The van der Waals surface area contributed by atoms with Crippen molar-refractivity contribution >= 4 is 6.20 Å². The van der Waals surface area contributed by atoms with E-state index in [4.69, 9.17) is 14.2 Å². The van der Waals surface area contributed by atoms with Crippen LogP contribution in [0.1, 0.15) is 39.3 Å². The molecule has 2 aliphatic heterocycles. The maximum Gasteiger partial charge on any atom is 0.190 e. The Morgan fingerprint density at radius 3 is 2.00 bits per heavy atom. The van der Waals surface area contributed by atoms with Gasteiger partial charge in [-0.25, -0.2) is 4.39 Å². The quantitative estimate of drug-likeness (QED) is 0.276. The Morgan fingerprint density at radius 1 is 0.825 bits per heavy atom. The third kappa shape index (κ3) is 4.82. The number of aliphatic hydroxyl groups excluding tert-OH is 1. The molecular formula is C34H34FNO4. The Labute approximate surface area is 234 Å². The predicted octanol–water partition coefficient (Wildman–Crippen LogP) is 7.46. The zero-order valence-electron chi connectivity index (χ0n) is 23.1. The van der Waals surface area contributed by atoms with Gasteiger partial charge in [-0.2, -0.15) is 0 Å². The molecule has 6 rings (SSSR count). The van der Waals surface area contributed by atoms with Crippen LogP contribution in [0.15, 0.2) is 91.0 Å². The molecule has 6 heteroatoms. The van der Waals surface area contributed by atoms with Gasteiger partial charge in [0.2, 0.25) is 0 Å². The summed E-state index contributed by atoms with van der Waals surface area (Å²) in [5, 5.41) is 11.0. The molecule has 0 aliphatic carbocycles. The van der Waals surface area contributed by atoms with Crippen molar-refractivity contribution < 1.29 is 23.7 Å². The maximum atomic E-state index is 14.1. The lowest BCUT2D eigenvalue weighted by atomic mass is 9.91. The maximum absolute atomic E-state index is 14.1. The lowest BCUT2D eigenvalue weighted by molar-refractivity contribution is -0.209. The van der Waals surface area contributed by atoms with Crippen LogP contribution >= 0.6 is 0 Å². The number of benzene rings is 3. The number of aromatic nitrogens is 1. The second-order valence-corrected chi connectivity index (χ2v) is 11.1. The van der Waals surface area contributed by atoms with Crippen LogP contribution in [0, 0.1) is 5.82 Å². The van der Waals surface area contributed by atoms with E-state index in [0.717, 1.165) is 39.2 Å². The van der Waals surface area contributed by atoms with Gasteiger partial charge in [0.15, 0.2) is 12.1 Å². The minimum atomic E-state index is -0.877. The molecule has 4 atom stereocenters. The topological polar surface area (TPSA) is 52.9 Å². The summed E-state index contributed by atoms with van der Waals surface area (Å²) in [7, 11) is 0. The van der Waals surface area contributed by atoms with Crippen LogP contribution in [0.25, 0.3) is 39.7 Å². The predicted molar refractivity (Wildman–Crippen MR) is 155 cm³/mol. The first-order chi connectivity index (χ1) is 19.2. The summed E-state index contributed by atoms with van der Waals surface area (Å²) in [6, 6.07) is 27.2. The van der Waals surface area contributed by atoms with Crippen LogP contribution in [-0.2, 0) is 14.2 Å². The highest BCUT2D eigenvalue weighted by Gasteiger charge is 2.53. The summed E-state index contributed by atoms with van der Waals surface area (Å²) < 4.78 is 34.1. The standard InChI is InChI=1S/C34H34FNO4/c1-21(2)29-27(22-11-7-5-8-12-22)28(23-13-9-6-10-14-23)30(24-15-17-25(35)18-16-24)36(29)20-19-26-31(37)32-33(38-26)40-34(3,4)39-32/h5-21,26,31-33,37H,1-4H3/b20-19+/t26-,31+,32?,33?/m1/s1. The normalized spacial score (nSPS) is 23.8. The summed E-state index contributed by atoms with van der Waals surface area (Å²) in [5.74, 6) is -0.956. The van der Waals surface area contributed by atoms with E-state index in [1.807, 2.05) is 74.7 Å². The Balaban J connectivity index is 1.57. The second kappa shape index (κ2) is 10.5. The monoisotopic (exact) mass is 539 g/mol. The van der Waals surface area contributed by atoms with Gasteiger partial charge in [-0.1, -0.05) is 74.5 Å². The molecule has 206 valence electrons. The van der Waals surface area contributed by atoms with Gasteiger partial charge in [-0.05, 0) is 66.8 Å². The zero-order valence-corrected chi connectivity index (χ0v) is 23.1. The molecule has 5 nitrogen and oxygen atoms in total. The van der Waals surface area contributed by atoms with Crippen molar-refractivity contribution in [3.05, 3.63) is 103 Å². The van der Waals surface area contributed by atoms with Crippen LogP contribution in [-0.4, -0.2) is 40.1 Å². The molecular weight excluding hydrogens is 505 g/mol. The molecule has 2 saturated heterocycles. The number of rotatable bonds is 6. The minimum Gasteiger partial charge on any atom is -0.387 e. The summed E-state index contributed by atoms with van der Waals surface area (Å²) in [6.07, 6.45) is 1.14. The fourth-order valence-corrected chi connectivity index (χ4v) is 5.85. The lowest BCUT2D eigenvalue weighted by Gasteiger charge is -2.21. The van der Waals surface area contributed by atoms with Crippen LogP contribution in [0.4, 0.5) is 4.39 Å². The third-order valence-corrected chi connectivity index (χ3v) is 7.51. The van der Waals surface area contributed by atoms with E-state index in [-0.39, 0.29) is 11.7 Å². The van der Waals surface area contributed by atoms with Crippen molar-refractivity contribution in [1.29, 1.82) is 0 Å². The molecule has 1 aromatic heterocycles. The number of halogens is 1. The molecule has 1 N–H and O–H groups in total. The average Bonchev–Trinajstić information content (AvgIpc) is 3.55. The Kier molecular flexibility index (Phi) is 6.97. The number of hydrogen-bond donors (Lipinski definition) is 1. The van der Waals surface area contributed by atoms with Gasteiger partial charge in [-0.3, -0.25) is 0 Å². The van der Waals surface area contributed by atoms with Gasteiger partial charge in [0.1, 0.15) is 24.1 Å². The summed E-state index contributed by atoms with van der Waals surface area (Å²) in [5.41, 5.74) is 7.25. The molecule has 3 heterocycles. The largest absolute Gasteiger partial charge is 0.387 e. The van der Waals surface area contributed by atoms with E-state index in [1.54, 1.807) is 0 Å². The number of aliphatic hydroxyl groups is 1. The van der Waals surface area contributed by atoms with Gasteiger partial charge < -0.3 is 23.9 Å². The van der Waals surface area contributed by atoms with Gasteiger partial charge in [-0.15, -0.1) is 0 Å². The molecule has 2 fully saturated rings. The van der Waals surface area contributed by atoms with Gasteiger partial charge in [0, 0.05) is 23.0 Å². The molecule has 4 aromatic rings. The SMILES string of the molecule is CC(C)c1c(-c2ccccc2)c(-c2ccccc2)c(-c2ccc(F)cc2)n1/C=C/[C@H]1OC2OC(C)(C)OC2[C@H]1O. The van der Waals surface area contributed by atoms with E-state index < -0.39 is 30.4 Å². The first-order valence-corrected chi connectivity index (χ1v) is 13.8. The lowest BCUT2D eigenvalue weighted by Crippen LogP contribution is -2.33. The Bertz CT molecular complexity index is 1510. The summed E-state index contributed by atoms with van der Waals surface area (Å²) in [6.45, 7) is 7.97. The molecule has 0 bridgehead atoms. The van der Waals surface area contributed by atoms with Crippen LogP contribution in [0.5, 0.6) is 0 Å². The highest BCUT2D eigenvalue weighted by molar-refractivity contribution is 5.97. The van der Waals surface area contributed by atoms with E-state index in [9.17, 15) is 9.50 Å². The molecule has 0 spiro atoms. The third-order valence-electron chi connectivity index (χ3n) is 7.51. The fourth-order valence-electron chi connectivity index (χ4n) is 5.85. The number of nitrogens with zero attached hydrogens (tertiary/aromatic N) is 1. The molecule has 3 aromatic carbocycles. The van der Waals surface area contributed by atoms with Crippen molar-refractivity contribution in [3.63, 3.8) is 0 Å². The van der Waals surface area contributed by atoms with Crippen molar-refractivity contribution in [2.75, 3.05) is 0 Å². The van der Waals surface area contributed by atoms with E-state index in [1.165, 1.54) is 12.1 Å². The molecule has 0 radical (unpaired) electrons. The Hall–Kier alpha value is -3.55. The van der Waals surface area contributed by atoms with Crippen molar-refractivity contribution in [1.82, 2.24) is 4.57 Å². The van der Waals surface area contributed by atoms with Gasteiger partial charge >= 0.3 is 0 Å². The van der Waals surface area contributed by atoms with E-state index in [2.05, 4.69) is 42.7 Å². The first kappa shape index (κ1) is 26.7. The average molecular weight is 540 g/mol. The summed E-state index contributed by atoms with van der Waals surface area (Å²) in [4.78, 5) is 0. The van der Waals surface area contributed by atoms with E-state index in [0.29, 0.717) is 0 Å². The minimum absolute atomic E-state index is 0.137. The zero-order chi connectivity index (χ0) is 28.0. The van der Waals surface area contributed by atoms with Crippen molar-refractivity contribution in [3.8, 4) is 33.5 Å². The molecule has 40 heavy (non-hydrogen) atoms. The van der Waals surface area contributed by atoms with Crippen molar-refractivity contribution in [2.45, 2.75) is 64.0 Å². The first-order valence-electron chi connectivity index (χ1n) is 13.8. The smallest absolute Gasteiger partial charge is 0.190 e. The molecule has 2 aliphatic rings. The summed E-state index contributed by atoms with van der Waals surface area (Å²) >= 11 is 0. The molecule has 2 unspecified atom stereocenters. The highest BCUT2D eigenvalue weighted by Crippen LogP contribution is 2.47. The fraction of sp³-hybridized carbons (Fsp3) is 0.294. The highest BCUT2D eigenvalue weighted by atomic mass is 19.1. The second-order valence-electron chi connectivity index (χ2n) is 11.1. The number of fused-ring (bicyclic) bond motifs is 1. The van der Waals surface area contributed by atoms with Gasteiger partial charge in [0.25, 0.3) is 0 Å². The van der Waals surface area contributed by atoms with Crippen LogP contribution in [0.2, 0.25) is 0 Å². The van der Waals surface area contributed by atoms with E-state index >= 15 is 0 Å².